The van der Waals surface area contributed by atoms with Gasteiger partial charge in [-0.1, -0.05) is 5.16 Å². The topological polar surface area (TPSA) is 89.1 Å². The molecule has 4 heterocycles. The van der Waals surface area contributed by atoms with Gasteiger partial charge >= 0.3 is 6.03 Å². The molecule has 0 saturated carbocycles. The third-order valence-corrected chi connectivity index (χ3v) is 5.92. The molecule has 3 aromatic rings. The van der Waals surface area contributed by atoms with Crippen molar-refractivity contribution >= 4 is 17.0 Å². The van der Waals surface area contributed by atoms with E-state index in [2.05, 4.69) is 20.6 Å². The Balaban J connectivity index is 1.19. The molecule has 0 bridgehead atoms. The first-order chi connectivity index (χ1) is 14.1. The van der Waals surface area contributed by atoms with E-state index in [4.69, 9.17) is 4.52 Å². The van der Waals surface area contributed by atoms with Gasteiger partial charge in [-0.05, 0) is 38.3 Å². The van der Waals surface area contributed by atoms with Crippen LogP contribution in [0.3, 0.4) is 0 Å². The van der Waals surface area contributed by atoms with E-state index in [1.807, 2.05) is 16.5 Å². The van der Waals surface area contributed by atoms with Gasteiger partial charge in [-0.25, -0.2) is 18.9 Å². The number of aryl methyl sites for hydroxylation is 2. The summed E-state index contributed by atoms with van der Waals surface area (Å²) in [4.78, 5) is 19.0. The van der Waals surface area contributed by atoms with Gasteiger partial charge in [0.2, 0.25) is 0 Å². The number of nitrogens with zero attached hydrogens (tertiary/aromatic N) is 5. The first-order valence-electron chi connectivity index (χ1n) is 10.1. The smallest absolute Gasteiger partial charge is 0.317 e. The minimum absolute atomic E-state index is 0.0270. The molecular formula is C20H23FN6O2. The van der Waals surface area contributed by atoms with Crippen molar-refractivity contribution in [2.75, 3.05) is 13.1 Å². The van der Waals surface area contributed by atoms with Crippen LogP contribution < -0.4 is 5.32 Å². The van der Waals surface area contributed by atoms with Gasteiger partial charge in [0.1, 0.15) is 17.5 Å². The fraction of sp³-hybridized carbons (Fsp3) is 0.500. The lowest BCUT2D eigenvalue weighted by Gasteiger charge is -2.33. The first-order valence-corrected chi connectivity index (χ1v) is 10.1. The summed E-state index contributed by atoms with van der Waals surface area (Å²) in [6, 6.07) is 4.56. The van der Waals surface area contributed by atoms with Gasteiger partial charge in [0, 0.05) is 36.9 Å². The molecule has 1 unspecified atom stereocenters. The Hall–Kier alpha value is -2.97. The molecule has 29 heavy (non-hydrogen) atoms. The number of rotatable bonds is 2. The zero-order valence-corrected chi connectivity index (χ0v) is 16.3. The fourth-order valence-electron chi connectivity index (χ4n) is 4.40. The normalized spacial score (nSPS) is 20.1. The number of fused-ring (bicyclic) bond motifs is 2. The van der Waals surface area contributed by atoms with Crippen molar-refractivity contribution in [3.05, 3.63) is 41.4 Å². The van der Waals surface area contributed by atoms with Crippen molar-refractivity contribution in [2.45, 2.75) is 51.1 Å². The van der Waals surface area contributed by atoms with Crippen molar-refractivity contribution < 1.29 is 13.7 Å². The Morgan fingerprint density at radius 2 is 2.10 bits per heavy atom. The highest BCUT2D eigenvalue weighted by Crippen LogP contribution is 2.32. The molecule has 2 amide bonds. The van der Waals surface area contributed by atoms with Crippen LogP contribution in [0, 0.1) is 12.7 Å². The van der Waals surface area contributed by atoms with Crippen molar-refractivity contribution in [1.82, 2.24) is 30.1 Å². The van der Waals surface area contributed by atoms with Crippen molar-refractivity contribution in [3.63, 3.8) is 0 Å². The second-order valence-corrected chi connectivity index (χ2v) is 7.91. The third kappa shape index (κ3) is 3.45. The molecule has 0 radical (unpaired) electrons. The van der Waals surface area contributed by atoms with E-state index in [1.54, 1.807) is 6.07 Å². The van der Waals surface area contributed by atoms with Crippen LogP contribution in [0.25, 0.3) is 11.0 Å². The number of likely N-dealkylation sites (tertiary alicyclic amines) is 1. The molecule has 1 N–H and O–H groups in total. The number of piperidine rings is 1. The summed E-state index contributed by atoms with van der Waals surface area (Å²) in [6.45, 7) is 3.87. The Kier molecular flexibility index (Phi) is 4.44. The number of aromatic nitrogens is 4. The Morgan fingerprint density at radius 1 is 1.28 bits per heavy atom. The largest absolute Gasteiger partial charge is 0.356 e. The van der Waals surface area contributed by atoms with Gasteiger partial charge in [0.25, 0.3) is 0 Å². The molecule has 5 rings (SSSR count). The van der Waals surface area contributed by atoms with E-state index in [9.17, 15) is 9.18 Å². The number of carbonyl (C=O) groups excluding carboxylic acids is 1. The molecule has 0 aliphatic carbocycles. The molecule has 8 nitrogen and oxygen atoms in total. The minimum atomic E-state index is -0.331. The number of urea groups is 1. The lowest BCUT2D eigenvalue weighted by molar-refractivity contribution is 0.173. The number of hydrogen-bond acceptors (Lipinski definition) is 5. The molecule has 2 aromatic heterocycles. The van der Waals surface area contributed by atoms with Crippen LogP contribution in [0.4, 0.5) is 9.18 Å². The lowest BCUT2D eigenvalue weighted by Crippen LogP contribution is -2.49. The van der Waals surface area contributed by atoms with E-state index >= 15 is 0 Å². The number of nitrogens with one attached hydrogen (secondary N) is 1. The number of amides is 2. The van der Waals surface area contributed by atoms with Gasteiger partial charge in [0.05, 0.1) is 18.3 Å². The summed E-state index contributed by atoms with van der Waals surface area (Å²) in [5.41, 5.74) is 1.33. The van der Waals surface area contributed by atoms with Gasteiger partial charge in [-0.3, -0.25) is 0 Å². The highest BCUT2D eigenvalue weighted by atomic mass is 19.1. The number of hydrogen-bond donors (Lipinski definition) is 1. The van der Waals surface area contributed by atoms with Crippen LogP contribution in [0.1, 0.15) is 42.5 Å². The second kappa shape index (κ2) is 7.13. The Morgan fingerprint density at radius 3 is 2.93 bits per heavy atom. The zero-order chi connectivity index (χ0) is 20.0. The molecule has 2 aliphatic rings. The average Bonchev–Trinajstić information content (AvgIpc) is 3.29. The van der Waals surface area contributed by atoms with Crippen LogP contribution in [-0.2, 0) is 13.0 Å². The van der Waals surface area contributed by atoms with Crippen molar-refractivity contribution in [3.8, 4) is 0 Å². The summed E-state index contributed by atoms with van der Waals surface area (Å²) in [6.07, 6.45) is 3.32. The van der Waals surface area contributed by atoms with Crippen LogP contribution in [-0.4, -0.2) is 50.0 Å². The fourth-order valence-corrected chi connectivity index (χ4v) is 4.40. The molecule has 1 fully saturated rings. The van der Waals surface area contributed by atoms with E-state index < -0.39 is 0 Å². The van der Waals surface area contributed by atoms with Crippen molar-refractivity contribution in [2.24, 2.45) is 0 Å². The summed E-state index contributed by atoms with van der Waals surface area (Å²) in [7, 11) is 0. The van der Waals surface area contributed by atoms with Crippen LogP contribution in [0.5, 0.6) is 0 Å². The lowest BCUT2D eigenvalue weighted by atomic mass is 9.92. The highest BCUT2D eigenvalue weighted by Gasteiger charge is 2.29. The van der Waals surface area contributed by atoms with Gasteiger partial charge in [0.15, 0.2) is 5.58 Å². The summed E-state index contributed by atoms with van der Waals surface area (Å²) >= 11 is 0. The quantitative estimate of drug-likeness (QED) is 0.717. The Bertz CT molecular complexity index is 1050. The highest BCUT2D eigenvalue weighted by molar-refractivity contribution is 5.80. The van der Waals surface area contributed by atoms with E-state index in [1.165, 1.54) is 12.1 Å². The molecular weight excluding hydrogens is 375 g/mol. The predicted molar refractivity (Wildman–Crippen MR) is 103 cm³/mol. The predicted octanol–water partition coefficient (Wildman–Crippen LogP) is 2.77. The average molecular weight is 398 g/mol. The van der Waals surface area contributed by atoms with Crippen LogP contribution in [0.15, 0.2) is 22.7 Å². The summed E-state index contributed by atoms with van der Waals surface area (Å²) < 4.78 is 20.5. The zero-order valence-electron chi connectivity index (χ0n) is 16.3. The minimum Gasteiger partial charge on any atom is -0.356 e. The SMILES string of the molecule is Cc1nc2n(n1)CC(NC(=O)N1CCC(c3noc4cc(F)ccc34)CC1)CC2. The summed E-state index contributed by atoms with van der Waals surface area (Å²) in [5, 5.41) is 12.6. The van der Waals surface area contributed by atoms with Crippen molar-refractivity contribution in [1.29, 1.82) is 0 Å². The van der Waals surface area contributed by atoms with Gasteiger partial charge in [-0.15, -0.1) is 0 Å². The maximum absolute atomic E-state index is 13.4. The molecule has 1 atom stereocenters. The molecule has 1 aromatic carbocycles. The third-order valence-electron chi connectivity index (χ3n) is 5.92. The van der Waals surface area contributed by atoms with E-state index in [-0.39, 0.29) is 23.8 Å². The number of carbonyl (C=O) groups is 1. The van der Waals surface area contributed by atoms with E-state index in [0.717, 1.165) is 48.4 Å². The second-order valence-electron chi connectivity index (χ2n) is 7.91. The monoisotopic (exact) mass is 398 g/mol. The molecule has 0 spiro atoms. The van der Waals surface area contributed by atoms with Gasteiger partial charge in [-0.2, -0.15) is 5.10 Å². The Labute approximate surface area is 167 Å². The summed E-state index contributed by atoms with van der Waals surface area (Å²) in [5.74, 6) is 1.65. The molecule has 2 aliphatic heterocycles. The first kappa shape index (κ1) is 18.1. The maximum atomic E-state index is 13.4. The van der Waals surface area contributed by atoms with Crippen LogP contribution in [0.2, 0.25) is 0 Å². The standard InChI is InChI=1S/C20H23FN6O2/c1-12-22-18-5-3-15(11-27(18)24-12)23-20(28)26-8-6-13(7-9-26)19-16-4-2-14(21)10-17(16)29-25-19/h2,4,10,13,15H,3,5-9,11H2,1H3,(H,23,28). The molecule has 152 valence electrons. The van der Waals surface area contributed by atoms with Gasteiger partial charge < -0.3 is 14.7 Å². The number of halogens is 1. The van der Waals surface area contributed by atoms with Crippen LogP contribution >= 0.6 is 0 Å². The molecule has 1 saturated heterocycles. The van der Waals surface area contributed by atoms with E-state index in [0.29, 0.717) is 25.2 Å². The maximum Gasteiger partial charge on any atom is 0.317 e. The number of benzene rings is 1. The molecule has 9 heteroatoms.